The summed E-state index contributed by atoms with van der Waals surface area (Å²) in [7, 11) is 0. The van der Waals surface area contributed by atoms with E-state index in [9.17, 15) is 19.5 Å². The lowest BCUT2D eigenvalue weighted by Crippen LogP contribution is -2.40. The second-order valence-corrected chi connectivity index (χ2v) is 7.32. The highest BCUT2D eigenvalue weighted by Crippen LogP contribution is 2.23. The number of amides is 2. The van der Waals surface area contributed by atoms with Gasteiger partial charge in [0.25, 0.3) is 11.8 Å². The molecule has 4 rings (SSSR count). The number of likely N-dealkylation sites (tertiary alicyclic amines) is 1. The van der Waals surface area contributed by atoms with Crippen LogP contribution in [0.1, 0.15) is 33.7 Å². The van der Waals surface area contributed by atoms with Crippen LogP contribution in [0, 0.1) is 0 Å². The zero-order valence-electron chi connectivity index (χ0n) is 16.7. The Hall–Kier alpha value is -4.00. The van der Waals surface area contributed by atoms with Crippen molar-refractivity contribution >= 4 is 23.5 Å². The van der Waals surface area contributed by atoms with E-state index in [4.69, 9.17) is 0 Å². The number of aliphatic carboxylic acids is 1. The van der Waals surface area contributed by atoms with Crippen LogP contribution in [0.15, 0.2) is 72.9 Å². The first-order valence-corrected chi connectivity index (χ1v) is 9.99. The molecule has 2 heterocycles. The molecule has 156 valence electrons. The number of nitrogens with zero attached hydrogens (tertiary/aromatic N) is 2. The van der Waals surface area contributed by atoms with Crippen LogP contribution in [-0.2, 0) is 4.79 Å². The second kappa shape index (κ2) is 8.79. The highest BCUT2D eigenvalue weighted by Gasteiger charge is 2.34. The molecule has 0 bridgehead atoms. The Morgan fingerprint density at radius 2 is 1.65 bits per heavy atom. The van der Waals surface area contributed by atoms with Crippen molar-refractivity contribution in [2.45, 2.75) is 18.9 Å². The Bertz CT molecular complexity index is 1100. The predicted molar refractivity (Wildman–Crippen MR) is 116 cm³/mol. The fourth-order valence-electron chi connectivity index (χ4n) is 3.64. The SMILES string of the molecule is O=C(Nc1ccc(-c2ccc(C(=O)N3CCC[C@H]3C(=O)O)nc2)cc1)c1ccccc1. The van der Waals surface area contributed by atoms with Gasteiger partial charge in [0.1, 0.15) is 11.7 Å². The average Bonchev–Trinajstić information content (AvgIpc) is 3.30. The van der Waals surface area contributed by atoms with Crippen LogP contribution in [0.4, 0.5) is 5.69 Å². The Morgan fingerprint density at radius 1 is 0.935 bits per heavy atom. The lowest BCUT2D eigenvalue weighted by Gasteiger charge is -2.20. The van der Waals surface area contributed by atoms with Gasteiger partial charge in [-0.1, -0.05) is 36.4 Å². The van der Waals surface area contributed by atoms with Gasteiger partial charge in [-0.2, -0.15) is 0 Å². The fourth-order valence-corrected chi connectivity index (χ4v) is 3.64. The van der Waals surface area contributed by atoms with Crippen molar-refractivity contribution in [1.29, 1.82) is 0 Å². The van der Waals surface area contributed by atoms with Gasteiger partial charge in [-0.3, -0.25) is 14.6 Å². The Morgan fingerprint density at radius 3 is 2.29 bits per heavy atom. The van der Waals surface area contributed by atoms with Crippen molar-refractivity contribution in [3.05, 3.63) is 84.2 Å². The van der Waals surface area contributed by atoms with Gasteiger partial charge in [0, 0.05) is 29.6 Å². The standard InChI is InChI=1S/C24H21N3O4/c28-22(17-5-2-1-3-6-17)26-19-11-8-16(9-12-19)18-10-13-20(25-15-18)23(29)27-14-4-7-21(27)24(30)31/h1-3,5-6,8-13,15,21H,4,7,14H2,(H,26,28)(H,30,31)/t21-/m0/s1. The van der Waals surface area contributed by atoms with Crippen molar-refractivity contribution in [3.63, 3.8) is 0 Å². The van der Waals surface area contributed by atoms with Gasteiger partial charge >= 0.3 is 5.97 Å². The number of rotatable bonds is 5. The first-order valence-electron chi connectivity index (χ1n) is 9.99. The third-order valence-electron chi connectivity index (χ3n) is 5.29. The number of pyridine rings is 1. The number of carbonyl (C=O) groups is 3. The van der Waals surface area contributed by atoms with Crippen molar-refractivity contribution in [2.75, 3.05) is 11.9 Å². The summed E-state index contributed by atoms with van der Waals surface area (Å²) in [5, 5.41) is 12.1. The minimum absolute atomic E-state index is 0.181. The summed E-state index contributed by atoms with van der Waals surface area (Å²) < 4.78 is 0. The minimum Gasteiger partial charge on any atom is -0.480 e. The van der Waals surface area contributed by atoms with E-state index in [1.807, 2.05) is 30.3 Å². The van der Waals surface area contributed by atoms with Gasteiger partial charge in [-0.25, -0.2) is 4.79 Å². The fraction of sp³-hybridized carbons (Fsp3) is 0.167. The maximum Gasteiger partial charge on any atom is 0.326 e. The minimum atomic E-state index is -0.984. The molecular weight excluding hydrogens is 394 g/mol. The molecule has 7 heteroatoms. The van der Waals surface area contributed by atoms with Gasteiger partial charge < -0.3 is 15.3 Å². The maximum atomic E-state index is 12.6. The normalized spacial score (nSPS) is 15.5. The monoisotopic (exact) mass is 415 g/mol. The lowest BCUT2D eigenvalue weighted by molar-refractivity contribution is -0.141. The number of carboxylic acids is 1. The molecule has 3 aromatic rings. The molecule has 0 spiro atoms. The largest absolute Gasteiger partial charge is 0.480 e. The smallest absolute Gasteiger partial charge is 0.326 e. The summed E-state index contributed by atoms with van der Waals surface area (Å²) in [5.74, 6) is -1.53. The second-order valence-electron chi connectivity index (χ2n) is 7.32. The number of hydrogen-bond donors (Lipinski definition) is 2. The molecule has 1 atom stereocenters. The van der Waals surface area contributed by atoms with E-state index in [1.165, 1.54) is 4.90 Å². The van der Waals surface area contributed by atoms with Crippen LogP contribution < -0.4 is 5.32 Å². The molecule has 2 amide bonds. The zero-order valence-corrected chi connectivity index (χ0v) is 16.7. The predicted octanol–water partition coefficient (Wildman–Crippen LogP) is 3.69. The van der Waals surface area contributed by atoms with Crippen LogP contribution in [0.5, 0.6) is 0 Å². The summed E-state index contributed by atoms with van der Waals surface area (Å²) in [4.78, 5) is 41.8. The number of nitrogens with one attached hydrogen (secondary N) is 1. The number of aromatic nitrogens is 1. The van der Waals surface area contributed by atoms with E-state index in [0.29, 0.717) is 30.6 Å². The van der Waals surface area contributed by atoms with E-state index >= 15 is 0 Å². The molecule has 1 aliphatic rings. The van der Waals surface area contributed by atoms with Crippen molar-refractivity contribution < 1.29 is 19.5 Å². The van der Waals surface area contributed by atoms with Crippen molar-refractivity contribution in [2.24, 2.45) is 0 Å². The lowest BCUT2D eigenvalue weighted by atomic mass is 10.1. The number of anilines is 1. The van der Waals surface area contributed by atoms with Gasteiger partial charge in [-0.15, -0.1) is 0 Å². The summed E-state index contributed by atoms with van der Waals surface area (Å²) in [5.41, 5.74) is 3.18. The molecule has 0 aliphatic carbocycles. The molecular formula is C24H21N3O4. The Kier molecular flexibility index (Phi) is 5.75. The highest BCUT2D eigenvalue weighted by molar-refractivity contribution is 6.04. The molecule has 7 nitrogen and oxygen atoms in total. The van der Waals surface area contributed by atoms with E-state index in [1.54, 1.807) is 42.6 Å². The first kappa shape index (κ1) is 20.3. The number of carboxylic acid groups (broad SMARTS) is 1. The third-order valence-corrected chi connectivity index (χ3v) is 5.29. The van der Waals surface area contributed by atoms with Crippen LogP contribution in [0.25, 0.3) is 11.1 Å². The third kappa shape index (κ3) is 4.45. The molecule has 1 aromatic heterocycles. The van der Waals surface area contributed by atoms with E-state index in [-0.39, 0.29) is 17.5 Å². The summed E-state index contributed by atoms with van der Waals surface area (Å²) in [6.45, 7) is 0.426. The average molecular weight is 415 g/mol. The zero-order chi connectivity index (χ0) is 21.8. The van der Waals surface area contributed by atoms with Crippen LogP contribution >= 0.6 is 0 Å². The number of benzene rings is 2. The summed E-state index contributed by atoms with van der Waals surface area (Å²) >= 11 is 0. The topological polar surface area (TPSA) is 99.6 Å². The molecule has 1 fully saturated rings. The molecule has 2 N–H and O–H groups in total. The summed E-state index contributed by atoms with van der Waals surface area (Å²) in [6.07, 6.45) is 2.73. The van der Waals surface area contributed by atoms with Crippen LogP contribution in [-0.4, -0.2) is 45.4 Å². The molecule has 0 radical (unpaired) electrons. The number of hydrogen-bond acceptors (Lipinski definition) is 4. The van der Waals surface area contributed by atoms with Crippen LogP contribution in [0.2, 0.25) is 0 Å². The van der Waals surface area contributed by atoms with E-state index in [2.05, 4.69) is 10.3 Å². The van der Waals surface area contributed by atoms with Gasteiger partial charge in [0.2, 0.25) is 0 Å². The highest BCUT2D eigenvalue weighted by atomic mass is 16.4. The quantitative estimate of drug-likeness (QED) is 0.662. The molecule has 2 aromatic carbocycles. The van der Waals surface area contributed by atoms with Gasteiger partial charge in [0.05, 0.1) is 0 Å². The summed E-state index contributed by atoms with van der Waals surface area (Å²) in [6, 6.07) is 18.9. The Labute approximate surface area is 179 Å². The number of carbonyl (C=O) groups excluding carboxylic acids is 2. The molecule has 1 saturated heterocycles. The van der Waals surface area contributed by atoms with Gasteiger partial charge in [-0.05, 0) is 48.7 Å². The Balaban J connectivity index is 1.44. The van der Waals surface area contributed by atoms with Crippen LogP contribution in [0.3, 0.4) is 0 Å². The van der Waals surface area contributed by atoms with E-state index < -0.39 is 12.0 Å². The molecule has 31 heavy (non-hydrogen) atoms. The van der Waals surface area contributed by atoms with E-state index in [0.717, 1.165) is 11.1 Å². The van der Waals surface area contributed by atoms with Gasteiger partial charge in [0.15, 0.2) is 0 Å². The van der Waals surface area contributed by atoms with Crippen molar-refractivity contribution in [3.8, 4) is 11.1 Å². The molecule has 0 saturated carbocycles. The molecule has 0 unspecified atom stereocenters. The molecule has 1 aliphatic heterocycles. The first-order chi connectivity index (χ1) is 15.0. The maximum absolute atomic E-state index is 12.6. The van der Waals surface area contributed by atoms with Crippen molar-refractivity contribution in [1.82, 2.24) is 9.88 Å².